The third-order valence-electron chi connectivity index (χ3n) is 4.66. The second-order valence-corrected chi connectivity index (χ2v) is 6.27. The SMILES string of the molecule is COCc1[nH]nc2c1[C@H](c1ccc(-c3ccccc3)cc1)C(C#N)=C(N)O2. The molecule has 0 saturated heterocycles. The van der Waals surface area contributed by atoms with E-state index < -0.39 is 0 Å². The maximum atomic E-state index is 9.68. The Morgan fingerprint density at radius 2 is 1.85 bits per heavy atom. The number of nitrogens with zero attached hydrogens (tertiary/aromatic N) is 2. The van der Waals surface area contributed by atoms with E-state index in [-0.39, 0.29) is 11.8 Å². The highest BCUT2D eigenvalue weighted by Crippen LogP contribution is 2.43. The molecule has 0 fully saturated rings. The molecule has 6 nitrogen and oxygen atoms in total. The van der Waals surface area contributed by atoms with Gasteiger partial charge in [0.2, 0.25) is 11.8 Å². The first-order valence-corrected chi connectivity index (χ1v) is 8.52. The zero-order valence-corrected chi connectivity index (χ0v) is 14.8. The molecular weight excluding hydrogens is 340 g/mol. The van der Waals surface area contributed by atoms with Crippen molar-refractivity contribution in [2.75, 3.05) is 7.11 Å². The molecule has 0 unspecified atom stereocenters. The van der Waals surface area contributed by atoms with Gasteiger partial charge in [-0.05, 0) is 16.7 Å². The summed E-state index contributed by atoms with van der Waals surface area (Å²) in [5, 5.41) is 16.8. The van der Waals surface area contributed by atoms with Crippen LogP contribution in [0.15, 0.2) is 66.1 Å². The van der Waals surface area contributed by atoms with Crippen molar-refractivity contribution in [3.8, 4) is 23.1 Å². The van der Waals surface area contributed by atoms with Crippen LogP contribution in [0.4, 0.5) is 0 Å². The molecule has 6 heteroatoms. The van der Waals surface area contributed by atoms with Gasteiger partial charge in [-0.25, -0.2) is 0 Å². The highest BCUT2D eigenvalue weighted by atomic mass is 16.5. The van der Waals surface area contributed by atoms with E-state index >= 15 is 0 Å². The Balaban J connectivity index is 1.80. The number of benzene rings is 2. The summed E-state index contributed by atoms with van der Waals surface area (Å²) in [6, 6.07) is 20.4. The topological polar surface area (TPSA) is 97.0 Å². The van der Waals surface area contributed by atoms with Gasteiger partial charge in [-0.2, -0.15) is 5.26 Å². The minimum Gasteiger partial charge on any atom is -0.420 e. The molecule has 2 aromatic carbocycles. The second-order valence-electron chi connectivity index (χ2n) is 6.27. The fraction of sp³-hybridized carbons (Fsp3) is 0.143. The van der Waals surface area contributed by atoms with Gasteiger partial charge in [-0.3, -0.25) is 5.10 Å². The summed E-state index contributed by atoms with van der Waals surface area (Å²) in [5.74, 6) is 0.112. The van der Waals surface area contributed by atoms with Crippen LogP contribution in [0.3, 0.4) is 0 Å². The minimum atomic E-state index is -0.354. The number of nitrogens with one attached hydrogen (secondary N) is 1. The van der Waals surface area contributed by atoms with Crippen molar-refractivity contribution in [2.24, 2.45) is 5.73 Å². The minimum absolute atomic E-state index is 0.0811. The van der Waals surface area contributed by atoms with E-state index in [9.17, 15) is 5.26 Å². The van der Waals surface area contributed by atoms with E-state index in [0.717, 1.165) is 27.9 Å². The standard InChI is InChI=1S/C21H18N4O2/c1-26-12-17-19-18(16(11-22)20(23)27-21(19)25-24-17)15-9-7-14(8-10-15)13-5-3-2-4-6-13/h2-10,18H,12,23H2,1H3,(H,24,25)/t18-/m1/s1. The van der Waals surface area contributed by atoms with Crippen molar-refractivity contribution in [3.05, 3.63) is 82.9 Å². The molecule has 0 aliphatic carbocycles. The van der Waals surface area contributed by atoms with E-state index in [2.05, 4.69) is 28.4 Å². The predicted molar refractivity (Wildman–Crippen MR) is 100 cm³/mol. The fourth-order valence-electron chi connectivity index (χ4n) is 3.39. The Bertz CT molecular complexity index is 1030. The lowest BCUT2D eigenvalue weighted by molar-refractivity contribution is 0.180. The lowest BCUT2D eigenvalue weighted by Crippen LogP contribution is -2.21. The van der Waals surface area contributed by atoms with Gasteiger partial charge in [-0.1, -0.05) is 54.6 Å². The van der Waals surface area contributed by atoms with Gasteiger partial charge >= 0.3 is 0 Å². The molecule has 4 rings (SSSR count). The number of hydrogen-bond acceptors (Lipinski definition) is 5. The number of aromatic nitrogens is 2. The van der Waals surface area contributed by atoms with Crippen LogP contribution in [0.5, 0.6) is 5.88 Å². The smallest absolute Gasteiger partial charge is 0.244 e. The number of hydrogen-bond donors (Lipinski definition) is 2. The number of fused-ring (bicyclic) bond motifs is 1. The largest absolute Gasteiger partial charge is 0.420 e. The molecule has 0 radical (unpaired) electrons. The highest BCUT2D eigenvalue weighted by Gasteiger charge is 2.35. The number of rotatable bonds is 4. The second kappa shape index (κ2) is 6.98. The first kappa shape index (κ1) is 16.9. The monoisotopic (exact) mass is 358 g/mol. The molecule has 3 aromatic rings. The van der Waals surface area contributed by atoms with Gasteiger partial charge in [0, 0.05) is 7.11 Å². The number of nitriles is 1. The van der Waals surface area contributed by atoms with Crippen molar-refractivity contribution in [2.45, 2.75) is 12.5 Å². The Morgan fingerprint density at radius 1 is 1.15 bits per heavy atom. The number of aromatic amines is 1. The van der Waals surface area contributed by atoms with E-state index in [1.165, 1.54) is 0 Å². The van der Waals surface area contributed by atoms with Crippen LogP contribution in [0.25, 0.3) is 11.1 Å². The molecule has 0 spiro atoms. The molecule has 1 aromatic heterocycles. The summed E-state index contributed by atoms with van der Waals surface area (Å²) in [5.41, 5.74) is 11.1. The normalized spacial score (nSPS) is 15.8. The van der Waals surface area contributed by atoms with Crippen LogP contribution in [0.2, 0.25) is 0 Å². The van der Waals surface area contributed by atoms with E-state index in [4.69, 9.17) is 15.2 Å². The lowest BCUT2D eigenvalue weighted by Gasteiger charge is -2.24. The number of allylic oxidation sites excluding steroid dienone is 1. The van der Waals surface area contributed by atoms with Crippen molar-refractivity contribution in [3.63, 3.8) is 0 Å². The Hall–Kier alpha value is -3.56. The molecule has 1 atom stereocenters. The Morgan fingerprint density at radius 3 is 2.52 bits per heavy atom. The molecule has 0 saturated carbocycles. The van der Waals surface area contributed by atoms with Crippen molar-refractivity contribution in [1.82, 2.24) is 10.2 Å². The van der Waals surface area contributed by atoms with Gasteiger partial charge in [0.15, 0.2) is 0 Å². The van der Waals surface area contributed by atoms with Gasteiger partial charge in [0.1, 0.15) is 11.6 Å². The van der Waals surface area contributed by atoms with Crippen LogP contribution in [0.1, 0.15) is 22.7 Å². The van der Waals surface area contributed by atoms with Gasteiger partial charge in [0.25, 0.3) is 0 Å². The summed E-state index contributed by atoms with van der Waals surface area (Å²) in [7, 11) is 1.61. The van der Waals surface area contributed by atoms with Gasteiger partial charge in [-0.15, -0.1) is 5.10 Å². The zero-order valence-electron chi connectivity index (χ0n) is 14.8. The fourth-order valence-corrected chi connectivity index (χ4v) is 3.39. The Labute approximate surface area is 156 Å². The van der Waals surface area contributed by atoms with Crippen LogP contribution in [-0.2, 0) is 11.3 Å². The maximum Gasteiger partial charge on any atom is 0.244 e. The quantitative estimate of drug-likeness (QED) is 0.744. The number of ether oxygens (including phenoxy) is 2. The van der Waals surface area contributed by atoms with Gasteiger partial charge < -0.3 is 15.2 Å². The third-order valence-corrected chi connectivity index (χ3v) is 4.66. The summed E-state index contributed by atoms with van der Waals surface area (Å²) < 4.78 is 10.8. The number of H-pyrrole nitrogens is 1. The number of nitrogens with two attached hydrogens (primary N) is 1. The maximum absolute atomic E-state index is 9.68. The highest BCUT2D eigenvalue weighted by molar-refractivity contribution is 5.65. The third kappa shape index (κ3) is 2.94. The van der Waals surface area contributed by atoms with Crippen LogP contribution < -0.4 is 10.5 Å². The van der Waals surface area contributed by atoms with Crippen molar-refractivity contribution in [1.29, 1.82) is 5.26 Å². The van der Waals surface area contributed by atoms with Crippen molar-refractivity contribution >= 4 is 0 Å². The Kier molecular flexibility index (Phi) is 4.37. The van der Waals surface area contributed by atoms with E-state index in [0.29, 0.717) is 18.1 Å². The van der Waals surface area contributed by atoms with E-state index in [1.807, 2.05) is 42.5 Å². The average Bonchev–Trinajstić information content (AvgIpc) is 3.10. The summed E-state index contributed by atoms with van der Waals surface area (Å²) in [6.45, 7) is 0.336. The van der Waals surface area contributed by atoms with Crippen LogP contribution in [0, 0.1) is 11.3 Å². The molecule has 1 aliphatic heterocycles. The van der Waals surface area contributed by atoms with Crippen LogP contribution in [-0.4, -0.2) is 17.3 Å². The molecule has 1 aliphatic rings. The lowest BCUT2D eigenvalue weighted by atomic mass is 9.83. The summed E-state index contributed by atoms with van der Waals surface area (Å²) in [6.07, 6.45) is 0. The average molecular weight is 358 g/mol. The predicted octanol–water partition coefficient (Wildman–Crippen LogP) is 3.44. The summed E-state index contributed by atoms with van der Waals surface area (Å²) in [4.78, 5) is 0. The van der Waals surface area contributed by atoms with E-state index in [1.54, 1.807) is 7.11 Å². The first-order chi connectivity index (χ1) is 13.2. The summed E-state index contributed by atoms with van der Waals surface area (Å²) >= 11 is 0. The molecule has 0 bridgehead atoms. The van der Waals surface area contributed by atoms with Crippen molar-refractivity contribution < 1.29 is 9.47 Å². The van der Waals surface area contributed by atoms with Gasteiger partial charge in [0.05, 0.1) is 23.8 Å². The molecule has 2 heterocycles. The zero-order chi connectivity index (χ0) is 18.8. The molecule has 27 heavy (non-hydrogen) atoms. The molecule has 0 amide bonds. The first-order valence-electron chi connectivity index (χ1n) is 8.52. The molecule has 3 N–H and O–H groups in total. The number of methoxy groups -OCH3 is 1. The molecule has 134 valence electrons. The van der Waals surface area contributed by atoms with Crippen LogP contribution >= 0.6 is 0 Å². The molecular formula is C21H18N4O2.